The fourth-order valence-electron chi connectivity index (χ4n) is 4.17. The third kappa shape index (κ3) is 4.25. The van der Waals surface area contributed by atoms with Crippen LogP contribution in [0.2, 0.25) is 0 Å². The number of nitrogens with zero attached hydrogens (tertiary/aromatic N) is 1. The first-order valence-electron chi connectivity index (χ1n) is 10.1. The first-order valence-corrected chi connectivity index (χ1v) is 10.1. The van der Waals surface area contributed by atoms with Crippen LogP contribution in [0.15, 0.2) is 84.9 Å². The molecule has 3 nitrogen and oxygen atoms in total. The Morgan fingerprint density at radius 1 is 0.828 bits per heavy atom. The van der Waals surface area contributed by atoms with Crippen molar-refractivity contribution in [3.63, 3.8) is 0 Å². The van der Waals surface area contributed by atoms with Gasteiger partial charge in [-0.25, -0.2) is 4.39 Å². The Balaban J connectivity index is 1.84. The molecule has 4 heteroatoms. The van der Waals surface area contributed by atoms with Gasteiger partial charge in [-0.15, -0.1) is 0 Å². The fraction of sp³-hybridized carbons (Fsp3) is 0.280. The monoisotopic (exact) mass is 391 g/mol. The summed E-state index contributed by atoms with van der Waals surface area (Å²) in [6.45, 7) is 3.73. The van der Waals surface area contributed by atoms with E-state index in [4.69, 9.17) is 4.74 Å². The molecule has 4 rings (SSSR count). The summed E-state index contributed by atoms with van der Waals surface area (Å²) < 4.78 is 19.2. The minimum Gasteiger partial charge on any atom is -0.380 e. The first kappa shape index (κ1) is 19.8. The molecule has 1 aliphatic heterocycles. The maximum Gasteiger partial charge on any atom is 0.123 e. The number of hydrogen-bond acceptors (Lipinski definition) is 3. The fourth-order valence-corrected chi connectivity index (χ4v) is 4.17. The molecule has 3 aromatic carbocycles. The van der Waals surface area contributed by atoms with E-state index in [0.717, 1.165) is 24.2 Å². The Kier molecular flexibility index (Phi) is 6.05. The predicted molar refractivity (Wildman–Crippen MR) is 112 cm³/mol. The van der Waals surface area contributed by atoms with Gasteiger partial charge in [0.2, 0.25) is 0 Å². The molecule has 0 amide bonds. The molecule has 0 saturated carbocycles. The summed E-state index contributed by atoms with van der Waals surface area (Å²) in [4.78, 5) is 2.33. The van der Waals surface area contributed by atoms with Crippen LogP contribution in [-0.2, 0) is 10.3 Å². The number of halogens is 1. The zero-order valence-corrected chi connectivity index (χ0v) is 16.4. The van der Waals surface area contributed by atoms with Crippen molar-refractivity contribution < 1.29 is 14.2 Å². The van der Waals surface area contributed by atoms with Crippen LogP contribution in [0.4, 0.5) is 4.39 Å². The molecule has 0 aliphatic carbocycles. The lowest BCUT2D eigenvalue weighted by atomic mass is 9.72. The minimum absolute atomic E-state index is 0.227. The Morgan fingerprint density at radius 2 is 1.38 bits per heavy atom. The van der Waals surface area contributed by atoms with Gasteiger partial charge in [-0.3, -0.25) is 4.90 Å². The van der Waals surface area contributed by atoms with Crippen molar-refractivity contribution >= 4 is 0 Å². The van der Waals surface area contributed by atoms with Gasteiger partial charge in [0, 0.05) is 25.6 Å². The average Bonchev–Trinajstić information content (AvgIpc) is 2.79. The Hall–Kier alpha value is -2.53. The van der Waals surface area contributed by atoms with E-state index in [-0.39, 0.29) is 11.7 Å². The van der Waals surface area contributed by atoms with E-state index in [1.165, 1.54) is 12.1 Å². The number of rotatable bonds is 6. The molecular formula is C25H26FNO2. The second-order valence-electron chi connectivity index (χ2n) is 7.52. The number of hydrogen-bond donors (Lipinski definition) is 1. The van der Waals surface area contributed by atoms with Gasteiger partial charge >= 0.3 is 0 Å². The van der Waals surface area contributed by atoms with Crippen molar-refractivity contribution in [2.75, 3.05) is 32.8 Å². The number of ether oxygens (including phenoxy) is 1. The minimum atomic E-state index is -1.30. The van der Waals surface area contributed by atoms with Gasteiger partial charge in [0.05, 0.1) is 13.2 Å². The lowest BCUT2D eigenvalue weighted by molar-refractivity contribution is 0.000744. The summed E-state index contributed by atoms with van der Waals surface area (Å²) >= 11 is 0. The molecule has 29 heavy (non-hydrogen) atoms. The van der Waals surface area contributed by atoms with Crippen LogP contribution in [0.1, 0.15) is 22.6 Å². The van der Waals surface area contributed by atoms with E-state index in [0.29, 0.717) is 25.3 Å². The van der Waals surface area contributed by atoms with Crippen LogP contribution in [0.5, 0.6) is 0 Å². The highest BCUT2D eigenvalue weighted by Crippen LogP contribution is 2.43. The maximum absolute atomic E-state index is 13.7. The van der Waals surface area contributed by atoms with Crippen molar-refractivity contribution in [1.82, 2.24) is 4.90 Å². The van der Waals surface area contributed by atoms with Gasteiger partial charge in [-0.05, 0) is 28.8 Å². The lowest BCUT2D eigenvalue weighted by Crippen LogP contribution is -2.45. The van der Waals surface area contributed by atoms with Crippen LogP contribution < -0.4 is 0 Å². The molecule has 0 spiro atoms. The van der Waals surface area contributed by atoms with Crippen LogP contribution in [0, 0.1) is 5.82 Å². The summed E-state index contributed by atoms with van der Waals surface area (Å²) in [5.41, 5.74) is 1.24. The molecule has 3 aromatic rings. The van der Waals surface area contributed by atoms with Crippen molar-refractivity contribution in [3.8, 4) is 0 Å². The first-order chi connectivity index (χ1) is 14.2. The summed E-state index contributed by atoms with van der Waals surface area (Å²) in [6, 6.07) is 26.0. The summed E-state index contributed by atoms with van der Waals surface area (Å²) in [5.74, 6) is -0.539. The smallest absolute Gasteiger partial charge is 0.123 e. The number of benzene rings is 3. The molecule has 2 atom stereocenters. The molecule has 1 N–H and O–H groups in total. The standard InChI is InChI=1S/C25H26FNO2/c26-23-13-11-22(12-14-23)25(28,21-9-5-2-6-10-21)24(20-7-3-1-4-8-20)19-27-15-17-29-18-16-27/h1-14,24,28H,15-19H2/t24-,25+/m0/s1. The Morgan fingerprint density at radius 3 is 2.00 bits per heavy atom. The third-order valence-electron chi connectivity index (χ3n) is 5.75. The topological polar surface area (TPSA) is 32.7 Å². The van der Waals surface area contributed by atoms with Crippen molar-refractivity contribution in [2.45, 2.75) is 11.5 Å². The van der Waals surface area contributed by atoms with Crippen LogP contribution in [0.25, 0.3) is 0 Å². The number of morpholine rings is 1. The van der Waals surface area contributed by atoms with Crippen LogP contribution in [0.3, 0.4) is 0 Å². The quantitative estimate of drug-likeness (QED) is 0.684. The second-order valence-corrected chi connectivity index (χ2v) is 7.52. The normalized spacial score (nSPS) is 18.1. The van der Waals surface area contributed by atoms with Crippen molar-refractivity contribution in [2.24, 2.45) is 0 Å². The zero-order chi connectivity index (χ0) is 20.1. The highest BCUT2D eigenvalue weighted by Gasteiger charge is 2.42. The van der Waals surface area contributed by atoms with E-state index in [1.807, 2.05) is 48.5 Å². The van der Waals surface area contributed by atoms with Gasteiger partial charge < -0.3 is 9.84 Å². The van der Waals surface area contributed by atoms with Gasteiger partial charge in [0.1, 0.15) is 11.4 Å². The number of aliphatic hydroxyl groups is 1. The van der Waals surface area contributed by atoms with Gasteiger partial charge in [0.15, 0.2) is 0 Å². The zero-order valence-electron chi connectivity index (χ0n) is 16.4. The maximum atomic E-state index is 13.7. The summed E-state index contributed by atoms with van der Waals surface area (Å²) in [6.07, 6.45) is 0. The van der Waals surface area contributed by atoms with Crippen molar-refractivity contribution in [3.05, 3.63) is 107 Å². The largest absolute Gasteiger partial charge is 0.380 e. The van der Waals surface area contributed by atoms with E-state index in [9.17, 15) is 9.50 Å². The van der Waals surface area contributed by atoms with Gasteiger partial charge in [0.25, 0.3) is 0 Å². The van der Waals surface area contributed by atoms with Crippen molar-refractivity contribution in [1.29, 1.82) is 0 Å². The Bertz CT molecular complexity index is 895. The Labute approximate surface area is 171 Å². The summed E-state index contributed by atoms with van der Waals surface area (Å²) in [5, 5.41) is 12.3. The summed E-state index contributed by atoms with van der Waals surface area (Å²) in [7, 11) is 0. The molecular weight excluding hydrogens is 365 g/mol. The second kappa shape index (κ2) is 8.87. The lowest BCUT2D eigenvalue weighted by Gasteiger charge is -2.41. The van der Waals surface area contributed by atoms with Crippen LogP contribution in [-0.4, -0.2) is 42.9 Å². The third-order valence-corrected chi connectivity index (χ3v) is 5.75. The van der Waals surface area contributed by atoms with E-state index < -0.39 is 5.60 Å². The van der Waals surface area contributed by atoms with E-state index in [1.54, 1.807) is 12.1 Å². The van der Waals surface area contributed by atoms with Crippen LogP contribution >= 0.6 is 0 Å². The molecule has 0 radical (unpaired) electrons. The van der Waals surface area contributed by atoms with E-state index >= 15 is 0 Å². The molecule has 0 bridgehead atoms. The molecule has 0 aromatic heterocycles. The molecule has 1 saturated heterocycles. The predicted octanol–water partition coefficient (Wildman–Crippen LogP) is 4.18. The SMILES string of the molecule is O[C@](c1ccccc1)(c1ccc(F)cc1)[C@@H](CN1CCOCC1)c1ccccc1. The highest BCUT2D eigenvalue weighted by molar-refractivity contribution is 5.42. The molecule has 150 valence electrons. The molecule has 1 fully saturated rings. The average molecular weight is 391 g/mol. The molecule has 0 unspecified atom stereocenters. The van der Waals surface area contributed by atoms with E-state index in [2.05, 4.69) is 17.0 Å². The molecule has 1 aliphatic rings. The highest BCUT2D eigenvalue weighted by atomic mass is 19.1. The van der Waals surface area contributed by atoms with Gasteiger partial charge in [-0.2, -0.15) is 0 Å². The van der Waals surface area contributed by atoms with Gasteiger partial charge in [-0.1, -0.05) is 72.8 Å². The molecule has 1 heterocycles.